The molecule has 244 valence electrons. The van der Waals surface area contributed by atoms with E-state index in [1.165, 1.54) is 57.7 Å². The van der Waals surface area contributed by atoms with Crippen LogP contribution in [0.1, 0.15) is 96.1 Å². The van der Waals surface area contributed by atoms with Gasteiger partial charge in [0.2, 0.25) is 0 Å². The van der Waals surface area contributed by atoms with Crippen LogP contribution in [-0.4, -0.2) is 90.9 Å². The normalized spacial score (nSPS) is 14.7. The van der Waals surface area contributed by atoms with Crippen LogP contribution in [0.4, 0.5) is 0 Å². The molecule has 0 fully saturated rings. The largest absolute Gasteiger partial charge is 0.472 e. The number of hydrogen-bond donors (Lipinski definition) is 3. The summed E-state index contributed by atoms with van der Waals surface area (Å²) >= 11 is 0. The second kappa shape index (κ2) is 21.8. The Balaban J connectivity index is 2.42. The molecule has 0 bridgehead atoms. The number of aromatic amines is 1. The molecule has 0 saturated heterocycles. The number of nitrogens with two attached hydrogens (primary N) is 1. The van der Waals surface area contributed by atoms with Gasteiger partial charge in [-0.05, 0) is 6.42 Å². The van der Waals surface area contributed by atoms with Crippen molar-refractivity contribution in [3.8, 4) is 0 Å². The molecule has 0 amide bonds. The molecule has 1 rings (SSSR count). The number of phosphoric ester groups is 1. The van der Waals surface area contributed by atoms with Gasteiger partial charge in [0.15, 0.2) is 6.10 Å². The number of H-pyrrole nitrogens is 1. The second-order valence-corrected chi connectivity index (χ2v) is 13.3. The molecule has 0 aliphatic rings. The highest BCUT2D eigenvalue weighted by atomic mass is 31.2. The smallest absolute Gasteiger partial charge is 0.462 e. The number of unbranched alkanes of at least 4 members (excludes halogenated alkanes) is 11. The maximum atomic E-state index is 12.6. The number of aromatic nitrogens is 2. The summed E-state index contributed by atoms with van der Waals surface area (Å²) in [5, 5.41) is 0. The second-order valence-electron chi connectivity index (χ2n) is 11.9. The van der Waals surface area contributed by atoms with Gasteiger partial charge < -0.3 is 29.6 Å². The molecule has 0 aliphatic heterocycles. The van der Waals surface area contributed by atoms with E-state index < -0.39 is 38.5 Å². The fraction of sp³-hybridized carbons (Fsp3) is 0.828. The third-order valence-corrected chi connectivity index (χ3v) is 7.67. The predicted octanol–water partition coefficient (Wildman–Crippen LogP) is 4.67. The summed E-state index contributed by atoms with van der Waals surface area (Å²) in [6.07, 6.45) is 16.5. The number of esters is 2. The monoisotopic (exact) mass is 619 g/mol. The molecule has 2 unspecified atom stereocenters. The lowest BCUT2D eigenvalue weighted by atomic mass is 10.0. The molecule has 0 saturated carbocycles. The molecule has 0 aromatic carbocycles. The van der Waals surface area contributed by atoms with E-state index in [4.69, 9.17) is 24.3 Å². The van der Waals surface area contributed by atoms with E-state index in [2.05, 4.69) is 16.9 Å². The summed E-state index contributed by atoms with van der Waals surface area (Å²) in [6.45, 7) is 1.86. The highest BCUT2D eigenvalue weighted by Crippen LogP contribution is 2.43. The van der Waals surface area contributed by atoms with E-state index in [1.807, 2.05) is 21.1 Å². The van der Waals surface area contributed by atoms with Crippen molar-refractivity contribution in [3.63, 3.8) is 0 Å². The summed E-state index contributed by atoms with van der Waals surface area (Å²) in [7, 11) is 1.33. The lowest BCUT2D eigenvalue weighted by Gasteiger charge is -2.24. The number of rotatable bonds is 26. The third-order valence-electron chi connectivity index (χ3n) is 6.69. The van der Waals surface area contributed by atoms with Crippen LogP contribution in [0.25, 0.3) is 0 Å². The van der Waals surface area contributed by atoms with Crippen LogP contribution in [-0.2, 0) is 39.1 Å². The summed E-state index contributed by atoms with van der Waals surface area (Å²) in [4.78, 5) is 41.7. The Morgan fingerprint density at radius 3 is 2.12 bits per heavy atom. The minimum Gasteiger partial charge on any atom is -0.462 e. The van der Waals surface area contributed by atoms with Crippen molar-refractivity contribution >= 4 is 19.8 Å². The summed E-state index contributed by atoms with van der Waals surface area (Å²) in [5.41, 5.74) is 6.60. The number of carbonyl (C=O) groups is 2. The van der Waals surface area contributed by atoms with Crippen LogP contribution < -0.4 is 5.73 Å². The molecule has 42 heavy (non-hydrogen) atoms. The average Bonchev–Trinajstić information content (AvgIpc) is 3.43. The predicted molar refractivity (Wildman–Crippen MR) is 161 cm³/mol. The molecular formula is C29H56N4O8P+. The van der Waals surface area contributed by atoms with Crippen LogP contribution in [0.2, 0.25) is 0 Å². The Hall–Kier alpha value is -1.82. The topological polar surface area (TPSA) is 163 Å². The number of carbonyl (C=O) groups excluding carboxylic acids is 2. The first-order chi connectivity index (χ1) is 19.9. The van der Waals surface area contributed by atoms with Crippen molar-refractivity contribution in [1.82, 2.24) is 9.97 Å². The van der Waals surface area contributed by atoms with Gasteiger partial charge in [-0.15, -0.1) is 0 Å². The van der Waals surface area contributed by atoms with Gasteiger partial charge in [0, 0.05) is 24.7 Å². The van der Waals surface area contributed by atoms with Gasteiger partial charge in [0.1, 0.15) is 25.8 Å². The van der Waals surface area contributed by atoms with Gasteiger partial charge in [-0.3, -0.25) is 18.6 Å². The number of imidazole rings is 1. The zero-order valence-corrected chi connectivity index (χ0v) is 27.2. The zero-order chi connectivity index (χ0) is 31.3. The van der Waals surface area contributed by atoms with Gasteiger partial charge >= 0.3 is 19.8 Å². The highest BCUT2D eigenvalue weighted by Gasteiger charge is 2.28. The van der Waals surface area contributed by atoms with Crippen LogP contribution in [0.5, 0.6) is 0 Å². The lowest BCUT2D eigenvalue weighted by Crippen LogP contribution is -2.39. The molecule has 1 aromatic heterocycles. The van der Waals surface area contributed by atoms with Crippen molar-refractivity contribution in [2.24, 2.45) is 5.73 Å². The van der Waals surface area contributed by atoms with Crippen LogP contribution in [0.3, 0.4) is 0 Å². The van der Waals surface area contributed by atoms with Crippen molar-refractivity contribution in [2.75, 3.05) is 47.5 Å². The number of quaternary nitrogens is 1. The number of likely N-dealkylation sites (N-methyl/N-ethyl adjacent to an activating group) is 1. The molecule has 0 radical (unpaired) electrons. The first-order valence-electron chi connectivity index (χ1n) is 15.4. The number of nitrogens with one attached hydrogen (secondary N) is 1. The third kappa shape index (κ3) is 21.0. The van der Waals surface area contributed by atoms with E-state index in [1.54, 1.807) is 6.20 Å². The minimum atomic E-state index is -4.42. The highest BCUT2D eigenvalue weighted by molar-refractivity contribution is 7.47. The van der Waals surface area contributed by atoms with Gasteiger partial charge in [0.25, 0.3) is 0 Å². The van der Waals surface area contributed by atoms with E-state index in [9.17, 15) is 19.0 Å². The standard InChI is InChI=1S/C29H55N4O8P/c1-5-6-7-8-9-10-11-12-13-14-15-16-17-28(34)38-22-26(23-40-42(36,37)39-19-18-33(2,3)4)41-29(35)27(30)20-25-21-31-24-32-25/h21,24,26-27H,5-20,22-23,30H2,1-4H3,(H-,31,32,36,37)/p+1/t26-,27?/m1/s1. The van der Waals surface area contributed by atoms with E-state index in [-0.39, 0.29) is 26.1 Å². The molecule has 1 aromatic rings. The quantitative estimate of drug-likeness (QED) is 0.0575. The Morgan fingerprint density at radius 2 is 1.57 bits per heavy atom. The van der Waals surface area contributed by atoms with Gasteiger partial charge in [-0.2, -0.15) is 0 Å². The number of nitrogens with zero attached hydrogens (tertiary/aromatic N) is 2. The summed E-state index contributed by atoms with van der Waals surface area (Å²) in [6, 6.07) is -1.02. The van der Waals surface area contributed by atoms with Crippen molar-refractivity contribution in [3.05, 3.63) is 18.2 Å². The van der Waals surface area contributed by atoms with E-state index in [0.29, 0.717) is 23.1 Å². The molecule has 12 nitrogen and oxygen atoms in total. The fourth-order valence-electron chi connectivity index (χ4n) is 4.10. The van der Waals surface area contributed by atoms with Crippen LogP contribution >= 0.6 is 7.82 Å². The molecule has 3 atom stereocenters. The molecule has 1 heterocycles. The Kier molecular flexibility index (Phi) is 19.8. The molecule has 0 aliphatic carbocycles. The summed E-state index contributed by atoms with van der Waals surface area (Å²) < 4.78 is 33.6. The van der Waals surface area contributed by atoms with Gasteiger partial charge in [-0.1, -0.05) is 77.6 Å². The SMILES string of the molecule is CCCCCCCCCCCCCCC(=O)OC[C@H](COP(=O)(O)OCC[N+](C)(C)C)OC(=O)C(N)Cc1cnc[nH]1. The molecular weight excluding hydrogens is 563 g/mol. The average molecular weight is 620 g/mol. The molecule has 13 heteroatoms. The van der Waals surface area contributed by atoms with Crippen molar-refractivity contribution in [2.45, 2.75) is 109 Å². The summed E-state index contributed by atoms with van der Waals surface area (Å²) in [5.74, 6) is -1.20. The fourth-order valence-corrected chi connectivity index (χ4v) is 4.84. The maximum absolute atomic E-state index is 12.6. The number of ether oxygens (including phenoxy) is 2. The Morgan fingerprint density at radius 1 is 0.976 bits per heavy atom. The number of phosphoric acid groups is 1. The lowest BCUT2D eigenvalue weighted by molar-refractivity contribution is -0.870. The minimum absolute atomic E-state index is 0.00911. The van der Waals surface area contributed by atoms with Gasteiger partial charge in [-0.25, -0.2) is 9.55 Å². The van der Waals surface area contributed by atoms with Crippen LogP contribution in [0, 0.1) is 0 Å². The first-order valence-corrected chi connectivity index (χ1v) is 16.9. The van der Waals surface area contributed by atoms with Crippen molar-refractivity contribution in [1.29, 1.82) is 0 Å². The molecule has 0 spiro atoms. The van der Waals surface area contributed by atoms with Crippen molar-refractivity contribution < 1.29 is 42.1 Å². The maximum Gasteiger partial charge on any atom is 0.472 e. The van der Waals surface area contributed by atoms with Crippen LogP contribution in [0.15, 0.2) is 12.5 Å². The first kappa shape index (κ1) is 38.2. The Labute approximate surface area is 252 Å². The molecule has 4 N–H and O–H groups in total. The number of hydrogen-bond acceptors (Lipinski definition) is 9. The van der Waals surface area contributed by atoms with E-state index in [0.717, 1.165) is 19.3 Å². The van der Waals surface area contributed by atoms with E-state index >= 15 is 0 Å². The zero-order valence-electron chi connectivity index (χ0n) is 26.3. The Bertz CT molecular complexity index is 895. The van der Waals surface area contributed by atoms with Gasteiger partial charge in [0.05, 0.1) is 34.1 Å².